The fourth-order valence-corrected chi connectivity index (χ4v) is 2.41. The van der Waals surface area contributed by atoms with Crippen LogP contribution in [0, 0.1) is 29.1 Å². The second kappa shape index (κ2) is 7.39. The van der Waals surface area contributed by atoms with Crippen molar-refractivity contribution in [3.05, 3.63) is 53.4 Å². The lowest BCUT2D eigenvalue weighted by Gasteiger charge is -2.13. The molecule has 2 aromatic rings. The van der Waals surface area contributed by atoms with E-state index in [1.165, 1.54) is 24.3 Å². The largest absolute Gasteiger partial charge is 0.357 e. The summed E-state index contributed by atoms with van der Waals surface area (Å²) in [6.07, 6.45) is 0. The summed E-state index contributed by atoms with van der Waals surface area (Å²) in [5, 5.41) is 3.76. The topological polar surface area (TPSA) is 90.5 Å². The highest BCUT2D eigenvalue weighted by Crippen LogP contribution is 2.27. The molecular formula is C13H8F5N3O3S2. The van der Waals surface area contributed by atoms with Crippen molar-refractivity contribution in [3.63, 3.8) is 0 Å². The van der Waals surface area contributed by atoms with E-state index in [0.29, 0.717) is 0 Å². The van der Waals surface area contributed by atoms with E-state index in [1.54, 1.807) is 4.72 Å². The van der Waals surface area contributed by atoms with Crippen LogP contribution in [0.1, 0.15) is 0 Å². The molecule has 0 unspecified atom stereocenters. The Kier molecular flexibility index (Phi) is 5.63. The standard InChI is InChI=1S/C13H8F5N3O3S2/c14-7-8(15)10(17)12(11(18)9(7)16)20-13(25)19-5-1-3-6(4-2-5)21-26(22,23)24/h1-4,21H,(H2,19,20,25)(H,22,23,24). The van der Waals surface area contributed by atoms with Crippen LogP contribution in [0.15, 0.2) is 24.3 Å². The lowest BCUT2D eigenvalue weighted by atomic mass is 10.2. The Morgan fingerprint density at radius 1 is 0.808 bits per heavy atom. The summed E-state index contributed by atoms with van der Waals surface area (Å²) in [4.78, 5) is 0. The van der Waals surface area contributed by atoms with Crippen LogP contribution in [-0.4, -0.2) is 18.1 Å². The Bertz CT molecular complexity index is 939. The smallest absolute Gasteiger partial charge is 0.332 e. The van der Waals surface area contributed by atoms with E-state index in [2.05, 4.69) is 5.32 Å². The molecule has 0 bridgehead atoms. The van der Waals surface area contributed by atoms with Gasteiger partial charge in [-0.05, 0) is 36.5 Å². The van der Waals surface area contributed by atoms with Gasteiger partial charge in [0.25, 0.3) is 0 Å². The molecule has 140 valence electrons. The maximum atomic E-state index is 13.6. The van der Waals surface area contributed by atoms with E-state index >= 15 is 0 Å². The Morgan fingerprint density at radius 2 is 1.23 bits per heavy atom. The first-order valence-corrected chi connectivity index (χ1v) is 8.29. The zero-order chi connectivity index (χ0) is 19.6. The number of hydrogen-bond acceptors (Lipinski definition) is 3. The quantitative estimate of drug-likeness (QED) is 0.202. The molecule has 26 heavy (non-hydrogen) atoms. The Labute approximate surface area is 148 Å². The zero-order valence-electron chi connectivity index (χ0n) is 12.3. The SMILES string of the molecule is O=S(=O)(O)Nc1ccc(NC(=S)Nc2c(F)c(F)c(F)c(F)c2F)cc1. The van der Waals surface area contributed by atoms with Crippen molar-refractivity contribution in [1.29, 1.82) is 0 Å². The minimum Gasteiger partial charge on any atom is -0.332 e. The van der Waals surface area contributed by atoms with Gasteiger partial charge >= 0.3 is 10.3 Å². The average Bonchev–Trinajstić information content (AvgIpc) is 2.55. The van der Waals surface area contributed by atoms with Crippen molar-refractivity contribution in [3.8, 4) is 0 Å². The molecule has 13 heteroatoms. The predicted molar refractivity (Wildman–Crippen MR) is 87.7 cm³/mol. The molecule has 0 amide bonds. The molecule has 0 radical (unpaired) electrons. The number of anilines is 3. The first-order valence-electron chi connectivity index (χ1n) is 6.44. The van der Waals surface area contributed by atoms with Crippen LogP contribution in [0.25, 0.3) is 0 Å². The van der Waals surface area contributed by atoms with Gasteiger partial charge in [-0.3, -0.25) is 9.27 Å². The third kappa shape index (κ3) is 4.56. The monoisotopic (exact) mass is 413 g/mol. The lowest BCUT2D eigenvalue weighted by molar-refractivity contribution is 0.382. The molecule has 0 aliphatic heterocycles. The minimum absolute atomic E-state index is 0.00306. The molecule has 0 aliphatic rings. The van der Waals surface area contributed by atoms with Gasteiger partial charge in [0.15, 0.2) is 28.4 Å². The van der Waals surface area contributed by atoms with Crippen LogP contribution in [0.4, 0.5) is 39.0 Å². The average molecular weight is 413 g/mol. The van der Waals surface area contributed by atoms with Gasteiger partial charge in [0.05, 0.1) is 5.69 Å². The van der Waals surface area contributed by atoms with Gasteiger partial charge in [0.2, 0.25) is 5.82 Å². The van der Waals surface area contributed by atoms with Crippen LogP contribution < -0.4 is 15.4 Å². The van der Waals surface area contributed by atoms with E-state index < -0.39 is 50.2 Å². The summed E-state index contributed by atoms with van der Waals surface area (Å²) < 4.78 is 98.0. The van der Waals surface area contributed by atoms with Gasteiger partial charge in [-0.15, -0.1) is 0 Å². The number of halogens is 5. The maximum Gasteiger partial charge on any atom is 0.357 e. The van der Waals surface area contributed by atoms with Crippen molar-refractivity contribution in [2.75, 3.05) is 15.4 Å². The molecule has 0 atom stereocenters. The third-order valence-corrected chi connectivity index (χ3v) is 3.54. The summed E-state index contributed by atoms with van der Waals surface area (Å²) in [7, 11) is -4.47. The van der Waals surface area contributed by atoms with Gasteiger partial charge in [-0.25, -0.2) is 22.0 Å². The Morgan fingerprint density at radius 3 is 1.69 bits per heavy atom. The van der Waals surface area contributed by atoms with Crippen LogP contribution in [0.5, 0.6) is 0 Å². The van der Waals surface area contributed by atoms with E-state index in [4.69, 9.17) is 16.8 Å². The molecule has 0 saturated heterocycles. The van der Waals surface area contributed by atoms with Gasteiger partial charge < -0.3 is 10.6 Å². The molecule has 0 aromatic heterocycles. The van der Waals surface area contributed by atoms with E-state index in [0.717, 1.165) is 0 Å². The van der Waals surface area contributed by atoms with E-state index in [9.17, 15) is 30.4 Å². The Hall–Kier alpha value is -2.51. The lowest BCUT2D eigenvalue weighted by Crippen LogP contribution is -2.22. The number of nitrogens with one attached hydrogen (secondary N) is 3. The van der Waals surface area contributed by atoms with Crippen molar-refractivity contribution in [2.45, 2.75) is 0 Å². The molecule has 0 heterocycles. The molecule has 0 fully saturated rings. The third-order valence-electron chi connectivity index (χ3n) is 2.84. The summed E-state index contributed by atoms with van der Waals surface area (Å²) in [5.74, 6) is -10.7. The van der Waals surface area contributed by atoms with Gasteiger partial charge in [-0.1, -0.05) is 0 Å². The van der Waals surface area contributed by atoms with Crippen molar-refractivity contribution in [2.24, 2.45) is 0 Å². The van der Waals surface area contributed by atoms with Crippen molar-refractivity contribution in [1.82, 2.24) is 0 Å². The first-order chi connectivity index (χ1) is 12.0. The molecule has 0 aliphatic carbocycles. The number of hydrogen-bond donors (Lipinski definition) is 4. The van der Waals surface area contributed by atoms with Gasteiger partial charge in [-0.2, -0.15) is 8.42 Å². The number of benzene rings is 2. The number of thiocarbonyl (C=S) groups is 1. The fourth-order valence-electron chi connectivity index (χ4n) is 1.76. The second-order valence-corrected chi connectivity index (χ2v) is 6.24. The molecule has 6 nitrogen and oxygen atoms in total. The summed E-state index contributed by atoms with van der Waals surface area (Å²) >= 11 is 4.73. The summed E-state index contributed by atoms with van der Waals surface area (Å²) in [6, 6.07) is 4.94. The van der Waals surface area contributed by atoms with Crippen LogP contribution in [0.2, 0.25) is 0 Å². The highest BCUT2D eigenvalue weighted by molar-refractivity contribution is 7.87. The number of rotatable bonds is 4. The molecule has 2 rings (SSSR count). The molecule has 0 spiro atoms. The first kappa shape index (κ1) is 19.8. The van der Waals surface area contributed by atoms with Gasteiger partial charge in [0, 0.05) is 5.69 Å². The van der Waals surface area contributed by atoms with Crippen molar-refractivity contribution >= 4 is 44.7 Å². The normalized spacial score (nSPS) is 11.2. The van der Waals surface area contributed by atoms with E-state index in [-0.39, 0.29) is 11.4 Å². The molecular weight excluding hydrogens is 405 g/mol. The van der Waals surface area contributed by atoms with Crippen LogP contribution in [0.3, 0.4) is 0 Å². The minimum atomic E-state index is -4.47. The fraction of sp³-hybridized carbons (Fsp3) is 0. The zero-order valence-corrected chi connectivity index (χ0v) is 13.9. The maximum absolute atomic E-state index is 13.6. The second-order valence-electron chi connectivity index (χ2n) is 4.68. The summed E-state index contributed by atoms with van der Waals surface area (Å²) in [6.45, 7) is 0. The Balaban J connectivity index is 2.15. The van der Waals surface area contributed by atoms with Crippen LogP contribution >= 0.6 is 12.2 Å². The molecule has 2 aromatic carbocycles. The molecule has 4 N–H and O–H groups in total. The predicted octanol–water partition coefficient (Wildman–Crippen LogP) is 3.41. The molecule has 0 saturated carbocycles. The highest BCUT2D eigenvalue weighted by atomic mass is 32.2. The van der Waals surface area contributed by atoms with Crippen molar-refractivity contribution < 1.29 is 34.9 Å². The van der Waals surface area contributed by atoms with Gasteiger partial charge in [0.1, 0.15) is 5.69 Å². The summed E-state index contributed by atoms with van der Waals surface area (Å²) in [5.41, 5.74) is -1.15. The van der Waals surface area contributed by atoms with Crippen LogP contribution in [-0.2, 0) is 10.3 Å². The van der Waals surface area contributed by atoms with E-state index in [1.807, 2.05) is 5.32 Å². The highest BCUT2D eigenvalue weighted by Gasteiger charge is 2.26.